The van der Waals surface area contributed by atoms with Crippen molar-refractivity contribution in [3.8, 4) is 17.2 Å². The molecule has 0 aliphatic heterocycles. The Kier molecular flexibility index (Phi) is 3.78. The molecule has 0 aliphatic carbocycles. The van der Waals surface area contributed by atoms with E-state index in [1.807, 2.05) is 53.1 Å². The van der Waals surface area contributed by atoms with Crippen LogP contribution in [-0.2, 0) is 6.54 Å². The number of rotatable bonds is 4. The first-order valence-corrected chi connectivity index (χ1v) is 7.80. The summed E-state index contributed by atoms with van der Waals surface area (Å²) in [7, 11) is 1.60. The zero-order valence-electron chi connectivity index (χ0n) is 13.5. The van der Waals surface area contributed by atoms with Crippen molar-refractivity contribution in [1.29, 1.82) is 0 Å². The molecule has 0 saturated heterocycles. The molecule has 0 amide bonds. The Morgan fingerprint density at radius 1 is 1.04 bits per heavy atom. The molecule has 124 valence electrons. The lowest BCUT2D eigenvalue weighted by Crippen LogP contribution is -2.08. The summed E-state index contributed by atoms with van der Waals surface area (Å²) in [4.78, 5) is 12.0. The maximum absolute atomic E-state index is 12.0. The van der Waals surface area contributed by atoms with E-state index in [1.54, 1.807) is 19.4 Å². The van der Waals surface area contributed by atoms with Crippen LogP contribution in [0, 0.1) is 0 Å². The molecule has 4 aromatic rings. The molecule has 0 bridgehead atoms. The molecule has 2 aromatic heterocycles. The van der Waals surface area contributed by atoms with Gasteiger partial charge in [0.2, 0.25) is 5.89 Å². The number of hydrogen-bond donors (Lipinski definition) is 0. The number of nitrogens with zero attached hydrogens (tertiary/aromatic N) is 3. The smallest absolute Gasteiger partial charge is 0.251 e. The van der Waals surface area contributed by atoms with E-state index in [2.05, 4.69) is 10.2 Å². The minimum Gasteiger partial charge on any atom is -0.496 e. The van der Waals surface area contributed by atoms with Crippen LogP contribution in [0.2, 0.25) is 0 Å². The van der Waals surface area contributed by atoms with E-state index in [-0.39, 0.29) is 5.43 Å². The standard InChI is InChI=1S/C19H15N3O3/c1-24-17-9-5-3-7-14(17)19-21-20-18(25-19)12-22-11-10-16(23)13-6-2-4-8-15(13)22/h2-11H,12H2,1H3. The minimum absolute atomic E-state index is 0.00732. The molecule has 0 atom stereocenters. The number of fused-ring (bicyclic) bond motifs is 1. The van der Waals surface area contributed by atoms with Gasteiger partial charge in [0.15, 0.2) is 5.43 Å². The lowest BCUT2D eigenvalue weighted by atomic mass is 10.2. The van der Waals surface area contributed by atoms with E-state index in [4.69, 9.17) is 9.15 Å². The highest BCUT2D eigenvalue weighted by Crippen LogP contribution is 2.28. The second kappa shape index (κ2) is 6.24. The summed E-state index contributed by atoms with van der Waals surface area (Å²) >= 11 is 0. The molecule has 6 heteroatoms. The second-order valence-corrected chi connectivity index (χ2v) is 5.53. The van der Waals surface area contributed by atoms with E-state index in [0.717, 1.165) is 11.1 Å². The summed E-state index contributed by atoms with van der Waals surface area (Å²) in [5, 5.41) is 8.90. The Morgan fingerprint density at radius 2 is 1.84 bits per heavy atom. The topological polar surface area (TPSA) is 70.2 Å². The number of ether oxygens (including phenoxy) is 1. The molecule has 2 heterocycles. The van der Waals surface area contributed by atoms with Crippen molar-refractivity contribution in [3.63, 3.8) is 0 Å². The number of para-hydroxylation sites is 2. The quantitative estimate of drug-likeness (QED) is 0.574. The molecule has 2 aromatic carbocycles. The van der Waals surface area contributed by atoms with Gasteiger partial charge in [-0.05, 0) is 24.3 Å². The Bertz CT molecular complexity index is 1100. The van der Waals surface area contributed by atoms with Gasteiger partial charge in [-0.25, -0.2) is 0 Å². The number of hydrogen-bond acceptors (Lipinski definition) is 5. The Balaban J connectivity index is 1.71. The zero-order valence-corrected chi connectivity index (χ0v) is 13.5. The average Bonchev–Trinajstić information content (AvgIpc) is 3.12. The largest absolute Gasteiger partial charge is 0.496 e. The van der Waals surface area contributed by atoms with Gasteiger partial charge in [-0.15, -0.1) is 10.2 Å². The molecule has 6 nitrogen and oxygen atoms in total. The maximum Gasteiger partial charge on any atom is 0.251 e. The fourth-order valence-corrected chi connectivity index (χ4v) is 2.79. The van der Waals surface area contributed by atoms with Gasteiger partial charge in [-0.3, -0.25) is 4.79 Å². The van der Waals surface area contributed by atoms with Crippen LogP contribution in [0.15, 0.2) is 70.0 Å². The van der Waals surface area contributed by atoms with Crippen molar-refractivity contribution in [3.05, 3.63) is 76.9 Å². The van der Waals surface area contributed by atoms with E-state index in [1.165, 1.54) is 0 Å². The third-order valence-corrected chi connectivity index (χ3v) is 3.99. The Hall–Kier alpha value is -3.41. The first-order chi connectivity index (χ1) is 12.3. The van der Waals surface area contributed by atoms with Crippen LogP contribution in [0.3, 0.4) is 0 Å². The highest BCUT2D eigenvalue weighted by Gasteiger charge is 2.13. The van der Waals surface area contributed by atoms with Crippen molar-refractivity contribution in [2.24, 2.45) is 0 Å². The fraction of sp³-hybridized carbons (Fsp3) is 0.105. The van der Waals surface area contributed by atoms with Gasteiger partial charge in [-0.1, -0.05) is 24.3 Å². The maximum atomic E-state index is 12.0. The molecule has 0 unspecified atom stereocenters. The minimum atomic E-state index is -0.00732. The summed E-state index contributed by atoms with van der Waals surface area (Å²) in [5.74, 6) is 1.53. The number of aromatic nitrogens is 3. The van der Waals surface area contributed by atoms with Gasteiger partial charge in [0, 0.05) is 17.6 Å². The highest BCUT2D eigenvalue weighted by molar-refractivity contribution is 5.78. The monoisotopic (exact) mass is 333 g/mol. The summed E-state index contributed by atoms with van der Waals surface area (Å²) in [6.45, 7) is 0.378. The van der Waals surface area contributed by atoms with E-state index < -0.39 is 0 Å². The second-order valence-electron chi connectivity index (χ2n) is 5.53. The molecule has 0 spiro atoms. The zero-order chi connectivity index (χ0) is 17.2. The molecule has 0 saturated carbocycles. The molecule has 0 radical (unpaired) electrons. The van der Waals surface area contributed by atoms with Crippen LogP contribution in [-0.4, -0.2) is 21.9 Å². The van der Waals surface area contributed by atoms with Crippen LogP contribution in [0.5, 0.6) is 5.75 Å². The average molecular weight is 333 g/mol. The van der Waals surface area contributed by atoms with Gasteiger partial charge < -0.3 is 13.7 Å². The van der Waals surface area contributed by atoms with Gasteiger partial charge in [-0.2, -0.15) is 0 Å². The molecular formula is C19H15N3O3. The van der Waals surface area contributed by atoms with Crippen LogP contribution in [0.4, 0.5) is 0 Å². The molecule has 25 heavy (non-hydrogen) atoms. The number of methoxy groups -OCH3 is 1. The predicted molar refractivity (Wildman–Crippen MR) is 93.6 cm³/mol. The SMILES string of the molecule is COc1ccccc1-c1nnc(Cn2ccc(=O)c3ccccc32)o1. The Labute approximate surface area is 143 Å². The summed E-state index contributed by atoms with van der Waals surface area (Å²) in [5.41, 5.74) is 1.56. The normalized spacial score (nSPS) is 10.9. The van der Waals surface area contributed by atoms with E-state index in [9.17, 15) is 4.79 Å². The number of benzene rings is 2. The van der Waals surface area contributed by atoms with Gasteiger partial charge in [0.05, 0.1) is 18.2 Å². The molecule has 0 N–H and O–H groups in total. The van der Waals surface area contributed by atoms with E-state index in [0.29, 0.717) is 29.5 Å². The van der Waals surface area contributed by atoms with Crippen molar-refractivity contribution in [1.82, 2.24) is 14.8 Å². The molecule has 4 rings (SSSR count). The fourth-order valence-electron chi connectivity index (χ4n) is 2.79. The third-order valence-electron chi connectivity index (χ3n) is 3.99. The molecule has 0 aliphatic rings. The summed E-state index contributed by atoms with van der Waals surface area (Å²) in [6, 6.07) is 16.5. The van der Waals surface area contributed by atoms with Crippen molar-refractivity contribution in [2.75, 3.05) is 7.11 Å². The third kappa shape index (κ3) is 2.78. The molecule has 0 fully saturated rings. The van der Waals surface area contributed by atoms with Gasteiger partial charge >= 0.3 is 0 Å². The first kappa shape index (κ1) is 15.1. The van der Waals surface area contributed by atoms with Crippen molar-refractivity contribution >= 4 is 10.9 Å². The van der Waals surface area contributed by atoms with Crippen LogP contribution in [0.1, 0.15) is 5.89 Å². The Morgan fingerprint density at radius 3 is 2.72 bits per heavy atom. The lowest BCUT2D eigenvalue weighted by molar-refractivity contribution is 0.413. The van der Waals surface area contributed by atoms with Crippen LogP contribution < -0.4 is 10.2 Å². The van der Waals surface area contributed by atoms with Crippen LogP contribution >= 0.6 is 0 Å². The summed E-state index contributed by atoms with van der Waals surface area (Å²) < 4.78 is 13.0. The molecular weight excluding hydrogens is 318 g/mol. The highest BCUT2D eigenvalue weighted by atomic mass is 16.5. The lowest BCUT2D eigenvalue weighted by Gasteiger charge is -2.07. The number of pyridine rings is 1. The van der Waals surface area contributed by atoms with Crippen molar-refractivity contribution in [2.45, 2.75) is 6.54 Å². The van der Waals surface area contributed by atoms with Crippen molar-refractivity contribution < 1.29 is 9.15 Å². The first-order valence-electron chi connectivity index (χ1n) is 7.80. The summed E-state index contributed by atoms with van der Waals surface area (Å²) in [6.07, 6.45) is 1.73. The van der Waals surface area contributed by atoms with E-state index >= 15 is 0 Å². The predicted octanol–water partition coefficient (Wildman–Crippen LogP) is 3.11. The van der Waals surface area contributed by atoms with Crippen LogP contribution in [0.25, 0.3) is 22.4 Å². The van der Waals surface area contributed by atoms with Gasteiger partial charge in [0.25, 0.3) is 5.89 Å². The van der Waals surface area contributed by atoms with Gasteiger partial charge in [0.1, 0.15) is 12.3 Å².